The van der Waals surface area contributed by atoms with Gasteiger partial charge >= 0.3 is 0 Å². The molecule has 0 spiro atoms. The Balaban J connectivity index is 1.12. The van der Waals surface area contributed by atoms with Crippen LogP contribution in [0.25, 0.3) is 0 Å². The predicted molar refractivity (Wildman–Crippen MR) is 153 cm³/mol. The molecule has 2 saturated carbocycles. The number of likely N-dealkylation sites (N-methyl/N-ethyl adjacent to an activating group) is 2. The van der Waals surface area contributed by atoms with E-state index in [1.54, 1.807) is 0 Å². The quantitative estimate of drug-likeness (QED) is 0.521. The molecule has 38 heavy (non-hydrogen) atoms. The monoisotopic (exact) mass is 525 g/mol. The molecule has 7 heteroatoms. The zero-order chi connectivity index (χ0) is 26.4. The molecule has 0 bridgehead atoms. The molecule has 214 valence electrons. The van der Waals surface area contributed by atoms with Crippen molar-refractivity contribution in [1.82, 2.24) is 30.9 Å². The second-order valence-corrected chi connectivity index (χ2v) is 14.7. The van der Waals surface area contributed by atoms with Crippen LogP contribution >= 0.6 is 0 Å². The Morgan fingerprint density at radius 3 is 2.26 bits per heavy atom. The number of fused-ring (bicyclic) bond motifs is 3. The molecule has 2 aliphatic carbocycles. The van der Waals surface area contributed by atoms with Crippen LogP contribution in [0.15, 0.2) is 0 Å². The molecular weight excluding hydrogens is 470 g/mol. The Bertz CT molecular complexity index is 840. The minimum Gasteiger partial charge on any atom is -0.312 e. The Kier molecular flexibility index (Phi) is 8.12. The Hall–Kier alpha value is -0.750. The van der Waals surface area contributed by atoms with E-state index < -0.39 is 0 Å². The third-order valence-corrected chi connectivity index (χ3v) is 12.4. The summed E-state index contributed by atoms with van der Waals surface area (Å²) in [6.07, 6.45) is 12.6. The van der Waals surface area contributed by atoms with Crippen molar-refractivity contribution >= 4 is 0 Å². The van der Waals surface area contributed by atoms with Crippen LogP contribution in [0.2, 0.25) is 0 Å². The number of rotatable bonds is 4. The van der Waals surface area contributed by atoms with Gasteiger partial charge in [-0.15, -0.1) is 0 Å². The number of hydrogen-bond acceptors (Lipinski definition) is 7. The van der Waals surface area contributed by atoms with Gasteiger partial charge in [-0.1, -0.05) is 0 Å². The van der Waals surface area contributed by atoms with Crippen LogP contribution in [0.3, 0.4) is 0 Å². The Morgan fingerprint density at radius 1 is 0.816 bits per heavy atom. The van der Waals surface area contributed by atoms with Crippen LogP contribution in [0.1, 0.15) is 71.6 Å². The van der Waals surface area contributed by atoms with Crippen molar-refractivity contribution < 1.29 is 0 Å². The lowest BCUT2D eigenvalue weighted by atomic mass is 9.60. The van der Waals surface area contributed by atoms with Crippen LogP contribution in [0.5, 0.6) is 0 Å². The highest BCUT2D eigenvalue weighted by atomic mass is 15.6. The highest BCUT2D eigenvalue weighted by Gasteiger charge is 2.54. The van der Waals surface area contributed by atoms with Gasteiger partial charge in [0, 0.05) is 57.9 Å². The van der Waals surface area contributed by atoms with E-state index in [0.717, 1.165) is 36.1 Å². The number of piperidine rings is 2. The van der Waals surface area contributed by atoms with Crippen molar-refractivity contribution in [2.75, 3.05) is 53.4 Å². The lowest BCUT2D eigenvalue weighted by molar-refractivity contribution is 0.0152. The fourth-order valence-corrected chi connectivity index (χ4v) is 9.83. The molecular formula is C31H55N7. The zero-order valence-corrected chi connectivity index (χ0v) is 24.7. The summed E-state index contributed by atoms with van der Waals surface area (Å²) in [5.74, 6) is 4.68. The molecule has 0 aromatic heterocycles. The molecule has 0 aromatic carbocycles. The summed E-state index contributed by atoms with van der Waals surface area (Å²) in [7, 11) is 4.57. The maximum atomic E-state index is 9.69. The van der Waals surface area contributed by atoms with Crippen molar-refractivity contribution in [3.8, 4) is 6.07 Å². The second-order valence-electron chi connectivity index (χ2n) is 14.7. The van der Waals surface area contributed by atoms with E-state index in [1.165, 1.54) is 90.5 Å². The first-order valence-electron chi connectivity index (χ1n) is 16.1. The van der Waals surface area contributed by atoms with E-state index in [9.17, 15) is 5.26 Å². The van der Waals surface area contributed by atoms with Crippen molar-refractivity contribution in [3.05, 3.63) is 0 Å². The standard InChI is InChI=1S/C31H55N7/c1-31(2,20-32)24-8-5-21(6-9-24)30-29-25-17-22(7-10-26(25)34-19-27(29)37(4)35-30)23-11-12-33-28(18-23)38-15-13-36(3)14-16-38/h21-30,33-35H,5-19H2,1-4H3. The van der Waals surface area contributed by atoms with Crippen molar-refractivity contribution in [2.24, 2.45) is 40.9 Å². The number of hydrazine groups is 1. The summed E-state index contributed by atoms with van der Waals surface area (Å²) in [4.78, 5) is 5.22. The maximum Gasteiger partial charge on any atom is 0.0686 e. The smallest absolute Gasteiger partial charge is 0.0686 e. The van der Waals surface area contributed by atoms with Gasteiger partial charge in [-0.25, -0.2) is 5.01 Å². The van der Waals surface area contributed by atoms with E-state index in [1.807, 2.05) is 0 Å². The molecule has 6 aliphatic rings. The van der Waals surface area contributed by atoms with Crippen molar-refractivity contribution in [3.63, 3.8) is 0 Å². The number of nitrogens with zero attached hydrogens (tertiary/aromatic N) is 4. The highest BCUT2D eigenvalue weighted by Crippen LogP contribution is 2.50. The number of hydrogen-bond donors (Lipinski definition) is 3. The van der Waals surface area contributed by atoms with Crippen LogP contribution in [-0.2, 0) is 0 Å². The lowest BCUT2D eigenvalue weighted by Gasteiger charge is -2.51. The van der Waals surface area contributed by atoms with Crippen LogP contribution in [-0.4, -0.2) is 92.5 Å². The first kappa shape index (κ1) is 27.4. The summed E-state index contributed by atoms with van der Waals surface area (Å²) in [6.45, 7) is 11.5. The van der Waals surface area contributed by atoms with Gasteiger partial charge in [0.2, 0.25) is 0 Å². The van der Waals surface area contributed by atoms with Gasteiger partial charge in [-0.05, 0) is 121 Å². The van der Waals surface area contributed by atoms with Gasteiger partial charge in [0.1, 0.15) is 0 Å². The van der Waals surface area contributed by atoms with E-state index in [4.69, 9.17) is 0 Å². The number of nitrogens with one attached hydrogen (secondary N) is 3. The lowest BCUT2D eigenvalue weighted by Crippen LogP contribution is -2.59. The van der Waals surface area contributed by atoms with Gasteiger partial charge in [0.25, 0.3) is 0 Å². The Labute approximate surface area is 232 Å². The summed E-state index contributed by atoms with van der Waals surface area (Å²) in [5.41, 5.74) is 3.84. The minimum absolute atomic E-state index is 0.180. The Morgan fingerprint density at radius 2 is 1.53 bits per heavy atom. The first-order valence-corrected chi connectivity index (χ1v) is 16.1. The fraction of sp³-hybridized carbons (Fsp3) is 0.968. The van der Waals surface area contributed by atoms with Crippen LogP contribution in [0.4, 0.5) is 0 Å². The molecule has 6 fully saturated rings. The maximum absolute atomic E-state index is 9.69. The van der Waals surface area contributed by atoms with Gasteiger partial charge < -0.3 is 15.5 Å². The molecule has 0 aromatic rings. The predicted octanol–water partition coefficient (Wildman–Crippen LogP) is 3.11. The van der Waals surface area contributed by atoms with E-state index in [-0.39, 0.29) is 5.41 Å². The zero-order valence-electron chi connectivity index (χ0n) is 24.7. The molecule has 7 nitrogen and oxygen atoms in total. The molecule has 6 rings (SSSR count). The number of nitriles is 1. The summed E-state index contributed by atoms with van der Waals surface area (Å²) < 4.78 is 0. The molecule has 8 unspecified atom stereocenters. The van der Waals surface area contributed by atoms with Crippen LogP contribution in [0, 0.1) is 52.3 Å². The molecule has 3 N–H and O–H groups in total. The molecule has 4 saturated heterocycles. The van der Waals surface area contributed by atoms with E-state index in [0.29, 0.717) is 30.2 Å². The van der Waals surface area contributed by atoms with E-state index >= 15 is 0 Å². The SMILES string of the molecule is CN1CCN(C2CC(C3CCC4NCC5C(C4C3)C(C3CCC(C(C)(C)C#N)CC3)NN5C)CCN2)CC1. The van der Waals surface area contributed by atoms with Crippen LogP contribution < -0.4 is 16.1 Å². The summed E-state index contributed by atoms with van der Waals surface area (Å²) >= 11 is 0. The molecule has 4 heterocycles. The third kappa shape index (κ3) is 5.31. The molecule has 0 amide bonds. The number of piperazine rings is 1. The van der Waals surface area contributed by atoms with Gasteiger partial charge in [-0.3, -0.25) is 10.3 Å². The summed E-state index contributed by atoms with van der Waals surface area (Å²) in [6, 6.07) is 4.57. The fourth-order valence-electron chi connectivity index (χ4n) is 9.83. The van der Waals surface area contributed by atoms with Gasteiger partial charge in [0.05, 0.1) is 17.6 Å². The minimum atomic E-state index is -0.180. The summed E-state index contributed by atoms with van der Waals surface area (Å²) in [5, 5.41) is 20.1. The highest BCUT2D eigenvalue weighted by molar-refractivity contribution is 5.08. The molecule has 8 atom stereocenters. The molecule has 0 radical (unpaired) electrons. The first-order chi connectivity index (χ1) is 18.3. The molecule has 4 aliphatic heterocycles. The van der Waals surface area contributed by atoms with Crippen molar-refractivity contribution in [2.45, 2.75) is 95.9 Å². The van der Waals surface area contributed by atoms with Crippen molar-refractivity contribution in [1.29, 1.82) is 5.26 Å². The van der Waals surface area contributed by atoms with E-state index in [2.05, 4.69) is 64.9 Å². The van der Waals surface area contributed by atoms with Gasteiger partial charge in [-0.2, -0.15) is 5.26 Å². The normalized spacial score (nSPS) is 45.8. The van der Waals surface area contributed by atoms with Gasteiger partial charge in [0.15, 0.2) is 0 Å². The third-order valence-electron chi connectivity index (χ3n) is 12.4. The largest absolute Gasteiger partial charge is 0.312 e. The topological polar surface area (TPSA) is 69.6 Å². The average molecular weight is 526 g/mol. The average Bonchev–Trinajstić information content (AvgIpc) is 3.30. The second kappa shape index (κ2) is 11.3.